The lowest BCUT2D eigenvalue weighted by molar-refractivity contribution is -0.143. The zero-order valence-electron chi connectivity index (χ0n) is 20.0. The van der Waals surface area contributed by atoms with Gasteiger partial charge < -0.3 is 4.90 Å². The number of amides is 1. The van der Waals surface area contributed by atoms with Crippen LogP contribution in [0.15, 0.2) is 55.1 Å². The lowest BCUT2D eigenvalue weighted by Gasteiger charge is -2.16. The second-order valence-corrected chi connectivity index (χ2v) is 8.81. The SMILES string of the molecule is CC(C(=O)N(C)C)n1cc(-c2cnn3c(-c4cccc(CC(=O)CCC(F)(F)F)c4)cnc3c2)cn1. The Hall–Kier alpha value is -4.02. The van der Waals surface area contributed by atoms with Gasteiger partial charge in [-0.2, -0.15) is 23.4 Å². The number of aromatic nitrogens is 5. The van der Waals surface area contributed by atoms with Crippen LogP contribution in [-0.4, -0.2) is 61.2 Å². The molecule has 0 aliphatic heterocycles. The van der Waals surface area contributed by atoms with E-state index in [4.69, 9.17) is 0 Å². The van der Waals surface area contributed by atoms with E-state index in [1.54, 1.807) is 73.2 Å². The summed E-state index contributed by atoms with van der Waals surface area (Å²) in [6, 6.07) is 8.45. The molecule has 0 aliphatic rings. The summed E-state index contributed by atoms with van der Waals surface area (Å²) in [6.07, 6.45) is 0.691. The van der Waals surface area contributed by atoms with Crippen LogP contribution in [0.25, 0.3) is 28.0 Å². The van der Waals surface area contributed by atoms with E-state index in [0.29, 0.717) is 16.9 Å². The van der Waals surface area contributed by atoms with Crippen molar-refractivity contribution >= 4 is 17.3 Å². The Bertz CT molecular complexity index is 1410. The van der Waals surface area contributed by atoms with Crippen molar-refractivity contribution in [1.29, 1.82) is 0 Å². The molecule has 1 unspecified atom stereocenters. The van der Waals surface area contributed by atoms with E-state index >= 15 is 0 Å². The predicted octanol–water partition coefficient (Wildman–Crippen LogP) is 4.36. The van der Waals surface area contributed by atoms with Gasteiger partial charge in [-0.25, -0.2) is 9.50 Å². The molecule has 1 atom stereocenters. The molecule has 36 heavy (non-hydrogen) atoms. The molecule has 4 aromatic rings. The lowest BCUT2D eigenvalue weighted by Crippen LogP contribution is -2.30. The highest BCUT2D eigenvalue weighted by Gasteiger charge is 2.27. The number of alkyl halides is 3. The summed E-state index contributed by atoms with van der Waals surface area (Å²) in [4.78, 5) is 30.2. The molecule has 3 aromatic heterocycles. The molecular weight excluding hydrogens is 473 g/mol. The van der Waals surface area contributed by atoms with E-state index in [1.165, 1.54) is 4.90 Å². The first-order valence-electron chi connectivity index (χ1n) is 11.3. The molecule has 1 amide bonds. The van der Waals surface area contributed by atoms with E-state index in [-0.39, 0.29) is 12.3 Å². The smallest absolute Gasteiger partial charge is 0.347 e. The van der Waals surface area contributed by atoms with Crippen molar-refractivity contribution in [2.75, 3.05) is 14.1 Å². The second-order valence-electron chi connectivity index (χ2n) is 8.81. The molecule has 0 bridgehead atoms. The van der Waals surface area contributed by atoms with Gasteiger partial charge in [-0.1, -0.05) is 18.2 Å². The van der Waals surface area contributed by atoms with Gasteiger partial charge in [0.2, 0.25) is 5.91 Å². The van der Waals surface area contributed by atoms with Crippen LogP contribution in [0.1, 0.15) is 31.4 Å². The molecule has 0 N–H and O–H groups in total. The Kier molecular flexibility index (Phi) is 6.91. The van der Waals surface area contributed by atoms with Gasteiger partial charge in [0.1, 0.15) is 11.8 Å². The predicted molar refractivity (Wildman–Crippen MR) is 127 cm³/mol. The van der Waals surface area contributed by atoms with Crippen molar-refractivity contribution in [3.05, 3.63) is 60.7 Å². The Morgan fingerprint density at radius 3 is 2.50 bits per heavy atom. The van der Waals surface area contributed by atoms with Gasteiger partial charge in [0.05, 0.1) is 30.7 Å². The van der Waals surface area contributed by atoms with Crippen LogP contribution in [0.4, 0.5) is 13.2 Å². The fourth-order valence-corrected chi connectivity index (χ4v) is 3.85. The minimum atomic E-state index is -4.35. The van der Waals surface area contributed by atoms with Crippen LogP contribution in [0.3, 0.4) is 0 Å². The standard InChI is InChI=1S/C25H25F3N6O2/c1-16(24(36)32(2)3)33-15-20(13-30-33)19-11-23-29-14-22(34(23)31-12-19)18-6-4-5-17(9-18)10-21(35)7-8-25(26,27)28/h4-6,9,11-16H,7-8,10H2,1-3H3. The molecule has 0 saturated carbocycles. The Morgan fingerprint density at radius 2 is 1.78 bits per heavy atom. The van der Waals surface area contributed by atoms with Crippen LogP contribution in [0.5, 0.6) is 0 Å². The summed E-state index contributed by atoms with van der Waals surface area (Å²) < 4.78 is 40.4. The largest absolute Gasteiger partial charge is 0.389 e. The van der Waals surface area contributed by atoms with Gasteiger partial charge in [-0.3, -0.25) is 14.3 Å². The zero-order valence-corrected chi connectivity index (χ0v) is 20.0. The number of nitrogens with zero attached hydrogens (tertiary/aromatic N) is 6. The minimum absolute atomic E-state index is 0.0691. The molecule has 3 heterocycles. The number of rotatable bonds is 8. The second kappa shape index (κ2) is 9.92. The summed E-state index contributed by atoms with van der Waals surface area (Å²) in [5.41, 5.74) is 4.20. The number of benzene rings is 1. The van der Waals surface area contributed by atoms with Crippen LogP contribution < -0.4 is 0 Å². The van der Waals surface area contributed by atoms with E-state index in [9.17, 15) is 22.8 Å². The molecule has 0 fully saturated rings. The number of carbonyl (C=O) groups excluding carboxylic acids is 2. The van der Waals surface area contributed by atoms with Crippen molar-refractivity contribution in [3.8, 4) is 22.4 Å². The van der Waals surface area contributed by atoms with Crippen LogP contribution in [0, 0.1) is 0 Å². The number of halogens is 3. The fraction of sp³-hybridized carbons (Fsp3) is 0.320. The summed E-state index contributed by atoms with van der Waals surface area (Å²) in [5, 5.41) is 8.82. The maximum atomic E-state index is 12.4. The average Bonchev–Trinajstić information content (AvgIpc) is 3.48. The Morgan fingerprint density at radius 1 is 1.03 bits per heavy atom. The molecule has 1 aromatic carbocycles. The van der Waals surface area contributed by atoms with E-state index < -0.39 is 30.8 Å². The van der Waals surface area contributed by atoms with Crippen LogP contribution in [0.2, 0.25) is 0 Å². The molecule has 11 heteroatoms. The van der Waals surface area contributed by atoms with Crippen molar-refractivity contribution < 1.29 is 22.8 Å². The summed E-state index contributed by atoms with van der Waals surface area (Å²) in [6.45, 7) is 1.78. The van der Waals surface area contributed by atoms with Gasteiger partial charge in [0.25, 0.3) is 0 Å². The van der Waals surface area contributed by atoms with Crippen molar-refractivity contribution in [3.63, 3.8) is 0 Å². The molecule has 188 valence electrons. The third-order valence-corrected chi connectivity index (χ3v) is 5.80. The average molecular weight is 499 g/mol. The number of hydrogen-bond acceptors (Lipinski definition) is 5. The number of fused-ring (bicyclic) bond motifs is 1. The minimum Gasteiger partial charge on any atom is -0.347 e. The topological polar surface area (TPSA) is 85.4 Å². The third kappa shape index (κ3) is 5.61. The summed E-state index contributed by atoms with van der Waals surface area (Å²) >= 11 is 0. The zero-order chi connectivity index (χ0) is 26.0. The van der Waals surface area contributed by atoms with E-state index in [0.717, 1.165) is 16.7 Å². The number of ketones is 1. The van der Waals surface area contributed by atoms with Gasteiger partial charge in [0, 0.05) is 49.8 Å². The highest BCUT2D eigenvalue weighted by molar-refractivity contribution is 5.81. The van der Waals surface area contributed by atoms with E-state index in [1.807, 2.05) is 12.1 Å². The molecule has 4 rings (SSSR count). The summed E-state index contributed by atoms with van der Waals surface area (Å²) in [7, 11) is 3.39. The first kappa shape index (κ1) is 25.1. The highest BCUT2D eigenvalue weighted by Crippen LogP contribution is 2.26. The number of hydrogen-bond donors (Lipinski definition) is 0. The van der Waals surface area contributed by atoms with Crippen molar-refractivity contribution in [2.45, 2.75) is 38.4 Å². The molecular formula is C25H25F3N6O2. The number of Topliss-reactive ketones (excluding diaryl/α,β-unsaturated/α-hetero) is 1. The lowest BCUT2D eigenvalue weighted by atomic mass is 10.0. The number of carbonyl (C=O) groups is 2. The van der Waals surface area contributed by atoms with Gasteiger partial charge in [-0.05, 0) is 24.6 Å². The van der Waals surface area contributed by atoms with Crippen LogP contribution >= 0.6 is 0 Å². The number of imidazole rings is 1. The maximum absolute atomic E-state index is 12.4. The van der Waals surface area contributed by atoms with Crippen molar-refractivity contribution in [1.82, 2.24) is 29.3 Å². The normalized spacial score (nSPS) is 12.6. The van der Waals surface area contributed by atoms with Crippen molar-refractivity contribution in [2.24, 2.45) is 0 Å². The van der Waals surface area contributed by atoms with Gasteiger partial charge >= 0.3 is 6.18 Å². The van der Waals surface area contributed by atoms with E-state index in [2.05, 4.69) is 15.2 Å². The monoisotopic (exact) mass is 498 g/mol. The molecule has 8 nitrogen and oxygen atoms in total. The van der Waals surface area contributed by atoms with Crippen LogP contribution in [-0.2, 0) is 16.0 Å². The highest BCUT2D eigenvalue weighted by atomic mass is 19.4. The Balaban J connectivity index is 1.54. The molecule has 0 radical (unpaired) electrons. The number of likely N-dealkylation sites (N-methyl/N-ethyl adjacent to an activating group) is 1. The van der Waals surface area contributed by atoms with Gasteiger partial charge in [0.15, 0.2) is 5.65 Å². The Labute approximate surface area is 205 Å². The first-order chi connectivity index (χ1) is 17.0. The quantitative estimate of drug-likeness (QED) is 0.360. The van der Waals surface area contributed by atoms with Gasteiger partial charge in [-0.15, -0.1) is 0 Å². The maximum Gasteiger partial charge on any atom is 0.389 e. The summed E-state index contributed by atoms with van der Waals surface area (Å²) in [5.74, 6) is -0.534. The fourth-order valence-electron chi connectivity index (χ4n) is 3.85. The molecule has 0 saturated heterocycles. The first-order valence-corrected chi connectivity index (χ1v) is 11.3. The third-order valence-electron chi connectivity index (χ3n) is 5.80. The molecule has 0 spiro atoms. The molecule has 0 aliphatic carbocycles.